The average molecular weight is 324 g/mol. The second-order valence-corrected chi connectivity index (χ2v) is 6.48. The molecule has 2 N–H and O–H groups in total. The van der Waals surface area contributed by atoms with Crippen molar-refractivity contribution in [1.82, 2.24) is 4.98 Å². The number of anilines is 1. The molecule has 1 aromatic heterocycles. The standard InChI is InChI=1S/C13H12N2O4S2/c1-19-10-4-6-12(7-5-10)21(17,18)15-13-14-9-11(20-13)3-2-8-16/h4-7,9,16H,8H2,1H3,(H,14,15). The van der Waals surface area contributed by atoms with Gasteiger partial charge in [0.2, 0.25) is 0 Å². The second kappa shape index (κ2) is 6.58. The predicted octanol–water partition coefficient (Wildman–Crippen LogP) is 1.30. The number of hydrogen-bond acceptors (Lipinski definition) is 6. The number of ether oxygens (including phenoxy) is 1. The molecular weight excluding hydrogens is 312 g/mol. The van der Waals surface area contributed by atoms with Crippen molar-refractivity contribution in [2.45, 2.75) is 4.90 Å². The van der Waals surface area contributed by atoms with Gasteiger partial charge in [0.05, 0.1) is 23.1 Å². The topological polar surface area (TPSA) is 88.5 Å². The number of nitrogens with one attached hydrogen (secondary N) is 1. The van der Waals surface area contributed by atoms with Crippen LogP contribution in [0.2, 0.25) is 0 Å². The summed E-state index contributed by atoms with van der Waals surface area (Å²) in [6, 6.07) is 6.02. The number of rotatable bonds is 4. The number of aromatic nitrogens is 1. The Morgan fingerprint density at radius 3 is 2.71 bits per heavy atom. The van der Waals surface area contributed by atoms with Gasteiger partial charge in [-0.25, -0.2) is 13.4 Å². The lowest BCUT2D eigenvalue weighted by atomic mass is 10.3. The van der Waals surface area contributed by atoms with Crippen LogP contribution in [-0.2, 0) is 10.0 Å². The van der Waals surface area contributed by atoms with Gasteiger partial charge < -0.3 is 9.84 Å². The first-order valence-corrected chi connectivity index (χ1v) is 8.07. The Bertz CT molecular complexity index is 770. The molecule has 0 unspecified atom stereocenters. The number of aliphatic hydroxyl groups is 1. The zero-order chi connectivity index (χ0) is 15.3. The highest BCUT2D eigenvalue weighted by Crippen LogP contribution is 2.22. The number of benzene rings is 1. The Labute approximate surface area is 126 Å². The Morgan fingerprint density at radius 1 is 1.38 bits per heavy atom. The van der Waals surface area contributed by atoms with Crippen molar-refractivity contribution in [2.24, 2.45) is 0 Å². The molecule has 0 aliphatic rings. The number of nitrogens with zero attached hydrogens (tertiary/aromatic N) is 1. The van der Waals surface area contributed by atoms with Crippen LogP contribution in [-0.4, -0.2) is 32.2 Å². The van der Waals surface area contributed by atoms with Crippen LogP contribution in [0.3, 0.4) is 0 Å². The van der Waals surface area contributed by atoms with Crippen LogP contribution in [0.25, 0.3) is 0 Å². The molecular formula is C13H12N2O4S2. The molecule has 0 amide bonds. The molecule has 0 aliphatic heterocycles. The Kier molecular flexibility index (Phi) is 4.80. The summed E-state index contributed by atoms with van der Waals surface area (Å²) in [5.74, 6) is 5.70. The second-order valence-electron chi connectivity index (χ2n) is 3.77. The van der Waals surface area contributed by atoms with Crippen molar-refractivity contribution in [3.05, 3.63) is 35.3 Å². The van der Waals surface area contributed by atoms with Crippen molar-refractivity contribution >= 4 is 26.5 Å². The van der Waals surface area contributed by atoms with Gasteiger partial charge in [-0.05, 0) is 24.3 Å². The van der Waals surface area contributed by atoms with Crippen LogP contribution in [0.15, 0.2) is 35.4 Å². The number of thiazole rings is 1. The van der Waals surface area contributed by atoms with Crippen molar-refractivity contribution < 1.29 is 18.3 Å². The maximum atomic E-state index is 12.2. The summed E-state index contributed by atoms with van der Waals surface area (Å²) in [5.41, 5.74) is 0. The predicted molar refractivity (Wildman–Crippen MR) is 79.9 cm³/mol. The SMILES string of the molecule is COc1ccc(S(=O)(=O)Nc2ncc(C#CCO)s2)cc1. The number of aliphatic hydroxyl groups excluding tert-OH is 1. The van der Waals surface area contributed by atoms with Crippen LogP contribution in [0.5, 0.6) is 5.75 Å². The average Bonchev–Trinajstić information content (AvgIpc) is 2.92. The van der Waals surface area contributed by atoms with E-state index in [-0.39, 0.29) is 16.6 Å². The van der Waals surface area contributed by atoms with E-state index in [9.17, 15) is 8.42 Å². The first-order valence-electron chi connectivity index (χ1n) is 5.77. The van der Waals surface area contributed by atoms with E-state index in [1.165, 1.54) is 25.4 Å². The monoisotopic (exact) mass is 324 g/mol. The Morgan fingerprint density at radius 2 is 2.10 bits per heavy atom. The maximum Gasteiger partial charge on any atom is 0.263 e. The third-order valence-electron chi connectivity index (χ3n) is 2.39. The fourth-order valence-corrected chi connectivity index (χ4v) is 3.37. The van der Waals surface area contributed by atoms with Crippen LogP contribution >= 0.6 is 11.3 Å². The molecule has 2 rings (SSSR count). The minimum absolute atomic E-state index is 0.112. The van der Waals surface area contributed by atoms with Crippen molar-refractivity contribution in [2.75, 3.05) is 18.4 Å². The van der Waals surface area contributed by atoms with Gasteiger partial charge in [0.15, 0.2) is 5.13 Å². The molecule has 0 radical (unpaired) electrons. The molecule has 1 heterocycles. The Hall–Kier alpha value is -2.08. The smallest absolute Gasteiger partial charge is 0.263 e. The summed E-state index contributed by atoms with van der Waals surface area (Å²) in [7, 11) is -2.19. The van der Waals surface area contributed by atoms with Gasteiger partial charge in [0, 0.05) is 0 Å². The van der Waals surface area contributed by atoms with Gasteiger partial charge in [-0.15, -0.1) is 0 Å². The van der Waals surface area contributed by atoms with E-state index in [2.05, 4.69) is 21.5 Å². The zero-order valence-electron chi connectivity index (χ0n) is 11.0. The molecule has 0 saturated heterocycles. The molecule has 0 spiro atoms. The molecule has 0 fully saturated rings. The fourth-order valence-electron chi connectivity index (χ4n) is 1.43. The van der Waals surface area contributed by atoms with E-state index in [4.69, 9.17) is 9.84 Å². The maximum absolute atomic E-state index is 12.2. The zero-order valence-corrected chi connectivity index (χ0v) is 12.7. The summed E-state index contributed by atoms with van der Waals surface area (Å²) in [5, 5.41) is 8.82. The molecule has 21 heavy (non-hydrogen) atoms. The molecule has 1 aromatic carbocycles. The largest absolute Gasteiger partial charge is 0.497 e. The third kappa shape index (κ3) is 3.95. The lowest BCUT2D eigenvalue weighted by Gasteiger charge is -2.05. The molecule has 0 atom stereocenters. The van der Waals surface area contributed by atoms with Gasteiger partial charge in [-0.1, -0.05) is 23.2 Å². The molecule has 0 saturated carbocycles. The molecule has 110 valence electrons. The van der Waals surface area contributed by atoms with E-state index in [1.807, 2.05) is 0 Å². The van der Waals surface area contributed by atoms with Crippen molar-refractivity contribution in [3.63, 3.8) is 0 Å². The van der Waals surface area contributed by atoms with Gasteiger partial charge in [0.1, 0.15) is 12.4 Å². The van der Waals surface area contributed by atoms with E-state index in [0.717, 1.165) is 11.3 Å². The van der Waals surface area contributed by atoms with Gasteiger partial charge in [-0.2, -0.15) is 0 Å². The summed E-state index contributed by atoms with van der Waals surface area (Å²) in [4.78, 5) is 4.61. The molecule has 8 heteroatoms. The number of hydrogen-bond donors (Lipinski definition) is 2. The van der Waals surface area contributed by atoms with Crippen LogP contribution in [0.1, 0.15) is 4.88 Å². The summed E-state index contributed by atoms with van der Waals surface area (Å²) >= 11 is 1.09. The molecule has 6 nitrogen and oxygen atoms in total. The lowest BCUT2D eigenvalue weighted by molar-refractivity contribution is 0.350. The highest BCUT2D eigenvalue weighted by Gasteiger charge is 2.16. The number of sulfonamides is 1. The van der Waals surface area contributed by atoms with Gasteiger partial charge >= 0.3 is 0 Å². The highest BCUT2D eigenvalue weighted by molar-refractivity contribution is 7.93. The van der Waals surface area contributed by atoms with Crippen LogP contribution < -0.4 is 9.46 Å². The summed E-state index contributed by atoms with van der Waals surface area (Å²) in [6.07, 6.45) is 1.44. The van der Waals surface area contributed by atoms with Gasteiger partial charge in [0.25, 0.3) is 10.0 Å². The summed E-state index contributed by atoms with van der Waals surface area (Å²) in [6.45, 7) is -0.259. The van der Waals surface area contributed by atoms with Crippen LogP contribution in [0.4, 0.5) is 5.13 Å². The third-order valence-corrected chi connectivity index (χ3v) is 4.70. The van der Waals surface area contributed by atoms with Crippen molar-refractivity contribution in [3.8, 4) is 17.6 Å². The normalized spacial score (nSPS) is 10.6. The number of methoxy groups -OCH3 is 1. The fraction of sp³-hybridized carbons (Fsp3) is 0.154. The van der Waals surface area contributed by atoms with E-state index >= 15 is 0 Å². The van der Waals surface area contributed by atoms with Gasteiger partial charge in [-0.3, -0.25) is 4.72 Å². The first kappa shape index (κ1) is 15.3. The summed E-state index contributed by atoms with van der Waals surface area (Å²) < 4.78 is 31.7. The first-order chi connectivity index (χ1) is 10.0. The quantitative estimate of drug-likeness (QED) is 0.828. The minimum atomic E-state index is -3.70. The van der Waals surface area contributed by atoms with E-state index in [1.54, 1.807) is 12.1 Å². The molecule has 2 aromatic rings. The molecule has 0 aliphatic carbocycles. The molecule has 0 bridgehead atoms. The van der Waals surface area contributed by atoms with E-state index < -0.39 is 10.0 Å². The highest BCUT2D eigenvalue weighted by atomic mass is 32.2. The lowest BCUT2D eigenvalue weighted by Crippen LogP contribution is -2.12. The van der Waals surface area contributed by atoms with Crippen molar-refractivity contribution in [1.29, 1.82) is 0 Å². The minimum Gasteiger partial charge on any atom is -0.497 e. The van der Waals surface area contributed by atoms with Crippen LogP contribution in [0, 0.1) is 11.8 Å². The van der Waals surface area contributed by atoms with E-state index in [0.29, 0.717) is 10.6 Å². The Balaban J connectivity index is 2.18.